The van der Waals surface area contributed by atoms with Crippen LogP contribution in [0.3, 0.4) is 0 Å². The fraction of sp³-hybridized carbons (Fsp3) is 0.500. The number of allylic oxidation sites excluding steroid dienone is 1. The summed E-state index contributed by atoms with van der Waals surface area (Å²) in [4.78, 5) is 10.1. The first-order valence-electron chi connectivity index (χ1n) is 2.69. The standard InChI is InChI=1S/C6H8OS/c7-5-6-3-1-2-4-8-6/h2,4-6H,1,3H2. The highest BCUT2D eigenvalue weighted by Gasteiger charge is 2.06. The summed E-state index contributed by atoms with van der Waals surface area (Å²) in [5.41, 5.74) is 0. The minimum atomic E-state index is 0.236. The minimum Gasteiger partial charge on any atom is -0.302 e. The van der Waals surface area contributed by atoms with Crippen molar-refractivity contribution in [3.8, 4) is 0 Å². The molecule has 1 atom stereocenters. The molecule has 0 saturated heterocycles. The van der Waals surface area contributed by atoms with E-state index in [4.69, 9.17) is 0 Å². The van der Waals surface area contributed by atoms with Crippen molar-refractivity contribution in [1.29, 1.82) is 0 Å². The molecule has 1 unspecified atom stereocenters. The molecule has 1 rings (SSSR count). The maximum Gasteiger partial charge on any atom is 0.133 e. The van der Waals surface area contributed by atoms with Crippen molar-refractivity contribution in [3.63, 3.8) is 0 Å². The Morgan fingerprint density at radius 3 is 3.00 bits per heavy atom. The second kappa shape index (κ2) is 2.92. The van der Waals surface area contributed by atoms with E-state index in [1.165, 1.54) is 0 Å². The highest BCUT2D eigenvalue weighted by atomic mass is 32.2. The Morgan fingerprint density at radius 2 is 2.62 bits per heavy atom. The van der Waals surface area contributed by atoms with E-state index in [1.54, 1.807) is 11.8 Å². The molecule has 0 aromatic heterocycles. The molecule has 0 aliphatic carbocycles. The van der Waals surface area contributed by atoms with Crippen LogP contribution in [-0.2, 0) is 4.79 Å². The van der Waals surface area contributed by atoms with Gasteiger partial charge in [0.2, 0.25) is 0 Å². The van der Waals surface area contributed by atoms with Gasteiger partial charge in [-0.3, -0.25) is 0 Å². The molecule has 0 fully saturated rings. The summed E-state index contributed by atoms with van der Waals surface area (Å²) in [5.74, 6) is 0. The summed E-state index contributed by atoms with van der Waals surface area (Å²) >= 11 is 1.61. The molecule has 0 bridgehead atoms. The predicted molar refractivity (Wildman–Crippen MR) is 35.8 cm³/mol. The Bertz CT molecular complexity index is 109. The summed E-state index contributed by atoms with van der Waals surface area (Å²) in [6.07, 6.45) is 5.21. The first kappa shape index (κ1) is 5.89. The smallest absolute Gasteiger partial charge is 0.133 e. The van der Waals surface area contributed by atoms with Gasteiger partial charge in [0.05, 0.1) is 5.25 Å². The van der Waals surface area contributed by atoms with Crippen LogP contribution in [0.1, 0.15) is 12.8 Å². The van der Waals surface area contributed by atoms with Crippen LogP contribution < -0.4 is 0 Å². The molecule has 0 amide bonds. The number of carbonyl (C=O) groups is 1. The quantitative estimate of drug-likeness (QED) is 0.499. The van der Waals surface area contributed by atoms with Gasteiger partial charge in [-0.2, -0.15) is 0 Å². The highest BCUT2D eigenvalue weighted by molar-refractivity contribution is 8.03. The largest absolute Gasteiger partial charge is 0.302 e. The van der Waals surface area contributed by atoms with Crippen LogP contribution in [-0.4, -0.2) is 11.5 Å². The lowest BCUT2D eigenvalue weighted by molar-refractivity contribution is -0.107. The number of aldehydes is 1. The average Bonchev–Trinajstić information content (AvgIpc) is 1.90. The lowest BCUT2D eigenvalue weighted by atomic mass is 10.2. The topological polar surface area (TPSA) is 17.1 Å². The lowest BCUT2D eigenvalue weighted by Crippen LogP contribution is -2.03. The van der Waals surface area contributed by atoms with Gasteiger partial charge in [-0.15, -0.1) is 11.8 Å². The SMILES string of the molecule is O=CC1CCC=CS1. The van der Waals surface area contributed by atoms with E-state index in [2.05, 4.69) is 6.08 Å². The summed E-state index contributed by atoms with van der Waals surface area (Å²) in [6.45, 7) is 0. The van der Waals surface area contributed by atoms with E-state index in [-0.39, 0.29) is 5.25 Å². The van der Waals surface area contributed by atoms with Crippen LogP contribution in [0.25, 0.3) is 0 Å². The molecule has 1 nitrogen and oxygen atoms in total. The molecule has 0 saturated carbocycles. The van der Waals surface area contributed by atoms with Crippen molar-refractivity contribution in [1.82, 2.24) is 0 Å². The van der Waals surface area contributed by atoms with Crippen molar-refractivity contribution >= 4 is 18.0 Å². The Hall–Kier alpha value is -0.240. The fourth-order valence-electron chi connectivity index (χ4n) is 0.653. The summed E-state index contributed by atoms with van der Waals surface area (Å²) in [5, 5.41) is 2.24. The normalized spacial score (nSPS) is 27.8. The van der Waals surface area contributed by atoms with E-state index in [0.717, 1.165) is 19.1 Å². The molecule has 1 heterocycles. The van der Waals surface area contributed by atoms with Crippen molar-refractivity contribution in [2.75, 3.05) is 0 Å². The van der Waals surface area contributed by atoms with Crippen molar-refractivity contribution in [3.05, 3.63) is 11.5 Å². The van der Waals surface area contributed by atoms with Crippen molar-refractivity contribution < 1.29 is 4.79 Å². The van der Waals surface area contributed by atoms with E-state index in [9.17, 15) is 4.79 Å². The van der Waals surface area contributed by atoms with Gasteiger partial charge in [-0.25, -0.2) is 0 Å². The average molecular weight is 128 g/mol. The van der Waals surface area contributed by atoms with Gasteiger partial charge in [0, 0.05) is 0 Å². The first-order chi connectivity index (χ1) is 3.93. The Kier molecular flexibility index (Phi) is 2.15. The number of hydrogen-bond acceptors (Lipinski definition) is 2. The third kappa shape index (κ3) is 1.37. The van der Waals surface area contributed by atoms with Gasteiger partial charge in [-0.1, -0.05) is 6.08 Å². The third-order valence-corrected chi connectivity index (χ3v) is 2.17. The molecule has 8 heavy (non-hydrogen) atoms. The van der Waals surface area contributed by atoms with Gasteiger partial charge in [-0.05, 0) is 18.2 Å². The van der Waals surface area contributed by atoms with Crippen LogP contribution in [0.4, 0.5) is 0 Å². The highest BCUT2D eigenvalue weighted by Crippen LogP contribution is 2.20. The monoisotopic (exact) mass is 128 g/mol. The maximum atomic E-state index is 10.1. The van der Waals surface area contributed by atoms with Crippen molar-refractivity contribution in [2.45, 2.75) is 18.1 Å². The molecule has 0 radical (unpaired) electrons. The van der Waals surface area contributed by atoms with E-state index in [0.29, 0.717) is 0 Å². The molecular weight excluding hydrogens is 120 g/mol. The van der Waals surface area contributed by atoms with E-state index >= 15 is 0 Å². The predicted octanol–water partition coefficient (Wildman–Crippen LogP) is 1.59. The molecule has 0 aromatic carbocycles. The molecule has 0 aromatic rings. The maximum absolute atomic E-state index is 10.1. The van der Waals surface area contributed by atoms with Crippen LogP contribution in [0.15, 0.2) is 11.5 Å². The van der Waals surface area contributed by atoms with Crippen molar-refractivity contribution in [2.24, 2.45) is 0 Å². The molecule has 44 valence electrons. The Labute approximate surface area is 53.2 Å². The number of carbonyl (C=O) groups excluding carboxylic acids is 1. The molecule has 1 aliphatic rings. The number of hydrogen-bond donors (Lipinski definition) is 0. The Morgan fingerprint density at radius 1 is 1.75 bits per heavy atom. The number of rotatable bonds is 1. The van der Waals surface area contributed by atoms with Gasteiger partial charge in [0.1, 0.15) is 6.29 Å². The molecule has 0 N–H and O–H groups in total. The molecule has 1 aliphatic heterocycles. The second-order valence-electron chi connectivity index (χ2n) is 1.76. The van der Waals surface area contributed by atoms with E-state index < -0.39 is 0 Å². The summed E-state index contributed by atoms with van der Waals surface area (Å²) < 4.78 is 0. The summed E-state index contributed by atoms with van der Waals surface area (Å²) in [6, 6.07) is 0. The van der Waals surface area contributed by atoms with Crippen LogP contribution >= 0.6 is 11.8 Å². The fourth-order valence-corrected chi connectivity index (χ4v) is 1.44. The second-order valence-corrected chi connectivity index (χ2v) is 2.91. The number of thioether (sulfide) groups is 1. The minimum absolute atomic E-state index is 0.236. The zero-order valence-electron chi connectivity index (χ0n) is 4.54. The molecular formula is C6H8OS. The van der Waals surface area contributed by atoms with Gasteiger partial charge < -0.3 is 4.79 Å². The van der Waals surface area contributed by atoms with Crippen LogP contribution in [0.2, 0.25) is 0 Å². The molecule has 2 heteroatoms. The van der Waals surface area contributed by atoms with E-state index in [1.807, 2.05) is 5.41 Å². The van der Waals surface area contributed by atoms with Crippen LogP contribution in [0.5, 0.6) is 0 Å². The zero-order valence-corrected chi connectivity index (χ0v) is 5.36. The van der Waals surface area contributed by atoms with Gasteiger partial charge >= 0.3 is 0 Å². The lowest BCUT2D eigenvalue weighted by Gasteiger charge is -2.07. The van der Waals surface area contributed by atoms with Gasteiger partial charge in [0.25, 0.3) is 0 Å². The third-order valence-electron chi connectivity index (χ3n) is 1.12. The first-order valence-corrected chi connectivity index (χ1v) is 3.63. The molecule has 0 spiro atoms. The Balaban J connectivity index is 2.37. The summed E-state index contributed by atoms with van der Waals surface area (Å²) in [7, 11) is 0. The van der Waals surface area contributed by atoms with Gasteiger partial charge in [0.15, 0.2) is 0 Å². The zero-order chi connectivity index (χ0) is 5.82. The van der Waals surface area contributed by atoms with Crippen LogP contribution in [0, 0.1) is 0 Å².